The number of carbonyl (C=O) groups is 1. The SMILES string of the molecule is C/N=C\c1cc(-c2cn[nH]c2)ccc1NCC1CCN(C(=O)CCc2cccc(C#N)c2)CC1. The molecule has 7 heteroatoms. The second-order valence-corrected chi connectivity index (χ2v) is 8.69. The van der Waals surface area contributed by atoms with Crippen molar-refractivity contribution in [1.82, 2.24) is 15.1 Å². The molecule has 1 aliphatic heterocycles. The Morgan fingerprint density at radius 3 is 2.85 bits per heavy atom. The van der Waals surface area contributed by atoms with Crippen LogP contribution in [-0.2, 0) is 11.2 Å². The van der Waals surface area contributed by atoms with E-state index in [0.29, 0.717) is 24.3 Å². The van der Waals surface area contributed by atoms with Gasteiger partial charge in [-0.15, -0.1) is 0 Å². The van der Waals surface area contributed by atoms with E-state index in [1.807, 2.05) is 41.7 Å². The highest BCUT2D eigenvalue weighted by Crippen LogP contribution is 2.25. The summed E-state index contributed by atoms with van der Waals surface area (Å²) in [6.07, 6.45) is 8.72. The maximum Gasteiger partial charge on any atom is 0.222 e. The molecule has 1 aromatic heterocycles. The number of aliphatic imine (C=N–C) groups is 1. The van der Waals surface area contributed by atoms with Gasteiger partial charge < -0.3 is 10.2 Å². The Morgan fingerprint density at radius 2 is 2.12 bits per heavy atom. The zero-order valence-electron chi connectivity index (χ0n) is 19.5. The number of aromatic amines is 1. The normalized spacial score (nSPS) is 14.3. The molecule has 0 unspecified atom stereocenters. The molecule has 7 nitrogen and oxygen atoms in total. The van der Waals surface area contributed by atoms with Crippen LogP contribution in [0, 0.1) is 17.2 Å². The van der Waals surface area contributed by atoms with Crippen LogP contribution < -0.4 is 5.32 Å². The Bertz CT molecular complexity index is 1170. The molecule has 2 heterocycles. The Kier molecular flexibility index (Phi) is 7.71. The number of aromatic nitrogens is 2. The molecule has 2 N–H and O–H groups in total. The highest BCUT2D eigenvalue weighted by molar-refractivity contribution is 5.90. The minimum Gasteiger partial charge on any atom is -0.384 e. The van der Waals surface area contributed by atoms with Gasteiger partial charge in [0.2, 0.25) is 5.91 Å². The molecule has 34 heavy (non-hydrogen) atoms. The van der Waals surface area contributed by atoms with Crippen molar-refractivity contribution < 1.29 is 4.79 Å². The van der Waals surface area contributed by atoms with Crippen LogP contribution in [-0.4, -0.2) is 53.9 Å². The van der Waals surface area contributed by atoms with E-state index >= 15 is 0 Å². The predicted octanol–water partition coefficient (Wildman–Crippen LogP) is 4.28. The molecule has 174 valence electrons. The second-order valence-electron chi connectivity index (χ2n) is 8.69. The molecule has 1 saturated heterocycles. The van der Waals surface area contributed by atoms with Crippen molar-refractivity contribution in [2.45, 2.75) is 25.7 Å². The smallest absolute Gasteiger partial charge is 0.222 e. The van der Waals surface area contributed by atoms with Gasteiger partial charge >= 0.3 is 0 Å². The molecule has 2 aromatic carbocycles. The first-order valence-corrected chi connectivity index (χ1v) is 11.7. The highest BCUT2D eigenvalue weighted by atomic mass is 16.2. The van der Waals surface area contributed by atoms with E-state index in [4.69, 9.17) is 5.26 Å². The minimum absolute atomic E-state index is 0.199. The first kappa shape index (κ1) is 23.2. The molecule has 1 amide bonds. The molecule has 0 spiro atoms. The summed E-state index contributed by atoms with van der Waals surface area (Å²) in [5.74, 6) is 0.723. The topological polar surface area (TPSA) is 97.2 Å². The van der Waals surface area contributed by atoms with Gasteiger partial charge in [-0.25, -0.2) is 0 Å². The van der Waals surface area contributed by atoms with E-state index < -0.39 is 0 Å². The summed E-state index contributed by atoms with van der Waals surface area (Å²) in [4.78, 5) is 18.9. The summed E-state index contributed by atoms with van der Waals surface area (Å²) < 4.78 is 0. The quantitative estimate of drug-likeness (QED) is 0.497. The first-order valence-electron chi connectivity index (χ1n) is 11.7. The van der Waals surface area contributed by atoms with E-state index in [2.05, 4.69) is 44.8 Å². The van der Waals surface area contributed by atoms with Crippen molar-refractivity contribution in [3.8, 4) is 17.2 Å². The van der Waals surface area contributed by atoms with Crippen LogP contribution in [0.2, 0.25) is 0 Å². The van der Waals surface area contributed by atoms with Gasteiger partial charge in [-0.1, -0.05) is 18.2 Å². The Balaban J connectivity index is 1.26. The molecule has 1 aliphatic rings. The average molecular weight is 455 g/mol. The standard InChI is InChI=1S/C27H30N6O/c1-29-17-24-14-23(25-18-31-32-19-25)6-7-26(24)30-16-21-9-11-33(12-10-21)27(34)8-5-20-3-2-4-22(13-20)15-28/h2-4,6-7,13-14,17-19,21,30H,5,8-12,16H2,1H3,(H,31,32)/b29-17-. The molecule has 0 aliphatic carbocycles. The van der Waals surface area contributed by atoms with E-state index in [1.54, 1.807) is 13.1 Å². The molecule has 0 bridgehead atoms. The van der Waals surface area contributed by atoms with Crippen molar-refractivity contribution in [3.05, 3.63) is 71.5 Å². The predicted molar refractivity (Wildman–Crippen MR) is 135 cm³/mol. The number of hydrogen-bond acceptors (Lipinski definition) is 5. The number of benzene rings is 2. The number of piperidine rings is 1. The first-order chi connectivity index (χ1) is 16.7. The molecule has 0 atom stereocenters. The fourth-order valence-corrected chi connectivity index (χ4v) is 4.40. The molecule has 3 aromatic rings. The van der Waals surface area contributed by atoms with E-state index in [-0.39, 0.29) is 5.91 Å². The Hall–Kier alpha value is -3.92. The van der Waals surface area contributed by atoms with E-state index in [0.717, 1.165) is 60.4 Å². The number of amides is 1. The lowest BCUT2D eigenvalue weighted by molar-refractivity contribution is -0.132. The van der Waals surface area contributed by atoms with E-state index in [1.165, 1.54) is 0 Å². The number of aryl methyl sites for hydroxylation is 1. The summed E-state index contributed by atoms with van der Waals surface area (Å²) in [5.41, 5.74) is 5.94. The third-order valence-electron chi connectivity index (χ3n) is 6.38. The number of H-pyrrole nitrogens is 1. The molecule has 0 saturated carbocycles. The van der Waals surface area contributed by atoms with Gasteiger partial charge in [-0.05, 0) is 60.6 Å². The average Bonchev–Trinajstić information content (AvgIpc) is 3.42. The van der Waals surface area contributed by atoms with Gasteiger partial charge in [0.15, 0.2) is 0 Å². The summed E-state index contributed by atoms with van der Waals surface area (Å²) >= 11 is 0. The monoisotopic (exact) mass is 454 g/mol. The van der Waals surface area contributed by atoms with Crippen molar-refractivity contribution in [2.24, 2.45) is 10.9 Å². The number of carbonyl (C=O) groups excluding carboxylic acids is 1. The van der Waals surface area contributed by atoms with E-state index in [9.17, 15) is 4.79 Å². The lowest BCUT2D eigenvalue weighted by atomic mass is 9.95. The maximum atomic E-state index is 12.7. The van der Waals surface area contributed by atoms with Crippen LogP contribution in [0.3, 0.4) is 0 Å². The summed E-state index contributed by atoms with van der Waals surface area (Å²) in [6, 6.07) is 16.0. The zero-order valence-corrected chi connectivity index (χ0v) is 19.5. The van der Waals surface area contributed by atoms with Crippen LogP contribution in [0.25, 0.3) is 11.1 Å². The van der Waals surface area contributed by atoms with Gasteiger partial charge in [0.1, 0.15) is 0 Å². The molecular formula is C27H30N6O. The third-order valence-corrected chi connectivity index (χ3v) is 6.38. The largest absolute Gasteiger partial charge is 0.384 e. The van der Waals surface area contributed by atoms with Crippen LogP contribution in [0.4, 0.5) is 5.69 Å². The lowest BCUT2D eigenvalue weighted by Gasteiger charge is -2.32. The zero-order chi connectivity index (χ0) is 23.8. The minimum atomic E-state index is 0.199. The fourth-order valence-electron chi connectivity index (χ4n) is 4.40. The molecule has 4 rings (SSSR count). The van der Waals surface area contributed by atoms with Gasteiger partial charge in [-0.3, -0.25) is 14.9 Å². The van der Waals surface area contributed by atoms with Crippen LogP contribution in [0.15, 0.2) is 59.9 Å². The number of likely N-dealkylation sites (tertiary alicyclic amines) is 1. The maximum absolute atomic E-state index is 12.7. The van der Waals surface area contributed by atoms with Crippen molar-refractivity contribution in [1.29, 1.82) is 5.26 Å². The molecule has 0 radical (unpaired) electrons. The summed E-state index contributed by atoms with van der Waals surface area (Å²) in [5, 5.41) is 19.5. The number of nitriles is 1. The van der Waals surface area contributed by atoms with Crippen molar-refractivity contribution >= 4 is 17.8 Å². The number of hydrogen-bond donors (Lipinski definition) is 2. The van der Waals surface area contributed by atoms with Crippen molar-refractivity contribution in [3.63, 3.8) is 0 Å². The summed E-state index contributed by atoms with van der Waals surface area (Å²) in [7, 11) is 1.78. The Morgan fingerprint density at radius 1 is 1.26 bits per heavy atom. The third kappa shape index (κ3) is 5.90. The van der Waals surface area contributed by atoms with Gasteiger partial charge in [0.25, 0.3) is 0 Å². The Labute approximate surface area is 200 Å². The number of rotatable bonds is 8. The van der Waals surface area contributed by atoms with Crippen molar-refractivity contribution in [2.75, 3.05) is 32.0 Å². The van der Waals surface area contributed by atoms with Crippen LogP contribution in [0.5, 0.6) is 0 Å². The molecular weight excluding hydrogens is 424 g/mol. The van der Waals surface area contributed by atoms with Crippen LogP contribution in [0.1, 0.15) is 36.0 Å². The number of nitrogens with zero attached hydrogens (tertiary/aromatic N) is 4. The highest BCUT2D eigenvalue weighted by Gasteiger charge is 2.22. The number of nitrogens with one attached hydrogen (secondary N) is 2. The summed E-state index contributed by atoms with van der Waals surface area (Å²) in [6.45, 7) is 2.47. The van der Waals surface area contributed by atoms with Gasteiger partial charge in [0, 0.05) is 62.3 Å². The fraction of sp³-hybridized carbons (Fsp3) is 0.333. The second kappa shape index (κ2) is 11.3. The van der Waals surface area contributed by atoms with Gasteiger partial charge in [0.05, 0.1) is 17.8 Å². The van der Waals surface area contributed by atoms with Crippen LogP contribution >= 0.6 is 0 Å². The van der Waals surface area contributed by atoms with Gasteiger partial charge in [-0.2, -0.15) is 10.4 Å². The number of anilines is 1. The lowest BCUT2D eigenvalue weighted by Crippen LogP contribution is -2.40. The molecule has 1 fully saturated rings.